The maximum Gasteiger partial charge on any atom is 0.286 e. The van der Waals surface area contributed by atoms with Gasteiger partial charge in [0, 0.05) is 37.5 Å². The molecule has 0 unspecified atom stereocenters. The molecular weight excluding hydrogens is 745 g/mol. The van der Waals surface area contributed by atoms with E-state index in [4.69, 9.17) is 19.9 Å². The number of hydrogen-bond acceptors (Lipinski definition) is 9. The van der Waals surface area contributed by atoms with Gasteiger partial charge in [0.2, 0.25) is 16.3 Å². The number of sulfonamides is 1. The van der Waals surface area contributed by atoms with Gasteiger partial charge >= 0.3 is 0 Å². The molecule has 0 radical (unpaired) electrons. The van der Waals surface area contributed by atoms with Crippen LogP contribution in [0.4, 0.5) is 11.4 Å². The number of hydrogen-bond donors (Lipinski definition) is 4. The molecule has 1 aliphatic carbocycles. The van der Waals surface area contributed by atoms with Crippen molar-refractivity contribution in [1.82, 2.24) is 9.62 Å². The number of methoxy groups -OCH3 is 1. The molecule has 1 heterocycles. The summed E-state index contributed by atoms with van der Waals surface area (Å²) in [6.45, 7) is -0.475. The van der Waals surface area contributed by atoms with E-state index < -0.39 is 22.2 Å². The summed E-state index contributed by atoms with van der Waals surface area (Å²) in [6.07, 6.45) is 2.08. The van der Waals surface area contributed by atoms with E-state index in [1.165, 1.54) is 35.9 Å². The van der Waals surface area contributed by atoms with Crippen molar-refractivity contribution in [3.05, 3.63) is 155 Å². The number of carbonyl (C=O) groups excluding carboxylic acids is 2. The summed E-state index contributed by atoms with van der Waals surface area (Å²) in [5.74, 6) is -0.409. The lowest BCUT2D eigenvalue weighted by Crippen LogP contribution is -2.38. The molecule has 0 saturated heterocycles. The average molecular weight is 789 g/mol. The second-order valence-corrected chi connectivity index (χ2v) is 15.7. The van der Waals surface area contributed by atoms with Gasteiger partial charge in [0.1, 0.15) is 5.75 Å². The smallest absolute Gasteiger partial charge is 0.286 e. The maximum absolute atomic E-state index is 13.8. The van der Waals surface area contributed by atoms with Crippen LogP contribution in [0, 0.1) is 0 Å². The Hall–Kier alpha value is -5.99. The predicted molar refractivity (Wildman–Crippen MR) is 217 cm³/mol. The van der Waals surface area contributed by atoms with E-state index in [9.17, 15) is 23.1 Å². The number of benzene rings is 5. The first kappa shape index (κ1) is 39.3. The lowest BCUT2D eigenvalue weighted by Gasteiger charge is -2.31. The van der Waals surface area contributed by atoms with E-state index in [1.807, 2.05) is 24.3 Å². The van der Waals surface area contributed by atoms with Crippen molar-refractivity contribution < 1.29 is 37.3 Å². The zero-order valence-electron chi connectivity index (χ0n) is 31.4. The molecule has 0 spiro atoms. The fourth-order valence-electron chi connectivity index (χ4n) is 7.16. The highest BCUT2D eigenvalue weighted by atomic mass is 32.2. The Labute approximate surface area is 331 Å². The number of allylic oxidation sites excluding steroid dienone is 1. The molecule has 13 heteroatoms. The van der Waals surface area contributed by atoms with Gasteiger partial charge in [-0.1, -0.05) is 66.7 Å². The Balaban J connectivity index is 1.06. The third kappa shape index (κ3) is 8.87. The van der Waals surface area contributed by atoms with Crippen LogP contribution in [0.25, 0.3) is 11.1 Å². The fourth-order valence-corrected chi connectivity index (χ4v) is 8.57. The Kier molecular flexibility index (Phi) is 12.0. The van der Waals surface area contributed by atoms with Crippen molar-refractivity contribution in [2.45, 2.75) is 36.5 Å². The number of nitrogen functional groups attached to an aromatic ring is 1. The van der Waals surface area contributed by atoms with E-state index in [1.54, 1.807) is 60.7 Å². The van der Waals surface area contributed by atoms with Crippen LogP contribution in [-0.4, -0.2) is 69.3 Å². The van der Waals surface area contributed by atoms with Gasteiger partial charge in [-0.05, 0) is 94.4 Å². The molecule has 0 saturated carbocycles. The van der Waals surface area contributed by atoms with Crippen LogP contribution in [0.3, 0.4) is 0 Å². The number of anilines is 2. The van der Waals surface area contributed by atoms with Crippen molar-refractivity contribution in [1.29, 1.82) is 0 Å². The normalized spacial score (nSPS) is 15.9. The average Bonchev–Trinajstić information content (AvgIpc) is 3.62. The van der Waals surface area contributed by atoms with Gasteiger partial charge in [0.15, 0.2) is 5.76 Å². The van der Waals surface area contributed by atoms with Crippen LogP contribution < -0.4 is 21.1 Å². The first-order valence-corrected chi connectivity index (χ1v) is 20.1. The highest BCUT2D eigenvalue weighted by Crippen LogP contribution is 2.43. The van der Waals surface area contributed by atoms with Crippen LogP contribution in [-0.2, 0) is 37.3 Å². The summed E-state index contributed by atoms with van der Waals surface area (Å²) in [5.41, 5.74) is 14.0. The van der Waals surface area contributed by atoms with Crippen LogP contribution in [0.15, 0.2) is 132 Å². The summed E-state index contributed by atoms with van der Waals surface area (Å²) in [4.78, 5) is 26.6. The molecule has 0 bridgehead atoms. The summed E-state index contributed by atoms with van der Waals surface area (Å²) in [6, 6.07) is 34.4. The van der Waals surface area contributed by atoms with Crippen molar-refractivity contribution in [2.75, 3.05) is 44.5 Å². The molecule has 294 valence electrons. The molecule has 57 heavy (non-hydrogen) atoms. The van der Waals surface area contributed by atoms with Gasteiger partial charge in [0.25, 0.3) is 11.8 Å². The number of nitrogens with zero attached hydrogens (tertiary/aromatic N) is 1. The highest BCUT2D eigenvalue weighted by Gasteiger charge is 2.33. The number of ether oxygens (including phenoxy) is 3. The molecule has 0 fully saturated rings. The van der Waals surface area contributed by atoms with Crippen LogP contribution >= 0.6 is 0 Å². The molecule has 5 N–H and O–H groups in total. The summed E-state index contributed by atoms with van der Waals surface area (Å²) in [5, 5.41) is 15.5. The molecule has 2 amide bonds. The zero-order valence-corrected chi connectivity index (χ0v) is 32.2. The Morgan fingerprint density at radius 2 is 1.61 bits per heavy atom. The van der Waals surface area contributed by atoms with Crippen LogP contribution in [0.2, 0.25) is 0 Å². The van der Waals surface area contributed by atoms with Crippen molar-refractivity contribution >= 4 is 33.2 Å². The van der Waals surface area contributed by atoms with E-state index in [0.29, 0.717) is 29.1 Å². The minimum Gasteiger partial charge on any atom is -0.497 e. The molecule has 2 aliphatic rings. The number of para-hydroxylation sites is 2. The fraction of sp³-hybridized carbons (Fsp3) is 0.227. The second kappa shape index (κ2) is 17.4. The molecule has 12 nitrogen and oxygen atoms in total. The second-order valence-electron chi connectivity index (χ2n) is 13.7. The van der Waals surface area contributed by atoms with Crippen molar-refractivity contribution in [3.8, 4) is 16.9 Å². The molecule has 0 aromatic heterocycles. The van der Waals surface area contributed by atoms with Gasteiger partial charge in [-0.15, -0.1) is 0 Å². The minimum atomic E-state index is -3.97. The quantitative estimate of drug-likeness (QED) is 0.0936. The van der Waals surface area contributed by atoms with Crippen molar-refractivity contribution in [2.24, 2.45) is 0 Å². The lowest BCUT2D eigenvalue weighted by molar-refractivity contribution is -0.146. The minimum absolute atomic E-state index is 0.0572. The van der Waals surface area contributed by atoms with Crippen LogP contribution in [0.5, 0.6) is 5.75 Å². The first-order valence-electron chi connectivity index (χ1n) is 18.6. The van der Waals surface area contributed by atoms with E-state index in [2.05, 4.69) is 34.9 Å². The van der Waals surface area contributed by atoms with Crippen molar-refractivity contribution in [3.63, 3.8) is 0 Å². The standard InChI is InChI=1S/C44H44N4O8S/c1-54-33-17-19-34(20-18-33)57(52,53)48(21-23-49)22-24-55-42-27-32(36-9-6-10-37-35-8-3-2-7-31(35)25-38(36)37)26-41(56-42)44(51)46-28-29-13-15-30(16-14-29)43(50)47-40-12-5-4-11-39(40)45/h2-20,26,32,42,49H,21-25,27-28,45H2,1H3,(H,46,51)(H,47,50)/t32-,42+/m0/s1. The zero-order chi connectivity index (χ0) is 39.9. The number of fused-ring (bicyclic) bond motifs is 3. The number of nitrogens with one attached hydrogen (secondary N) is 2. The maximum atomic E-state index is 13.8. The lowest BCUT2D eigenvalue weighted by atomic mass is 9.87. The molecular formula is C44H44N4O8S. The third-order valence-electron chi connectivity index (χ3n) is 10.1. The van der Waals surface area contributed by atoms with Gasteiger partial charge in [-0.2, -0.15) is 4.31 Å². The topological polar surface area (TPSA) is 170 Å². The van der Waals surface area contributed by atoms with Gasteiger partial charge < -0.3 is 35.7 Å². The van der Waals surface area contributed by atoms with E-state index in [-0.39, 0.29) is 55.3 Å². The number of nitrogens with two attached hydrogens (primary N) is 1. The molecule has 7 rings (SSSR count). The third-order valence-corrected chi connectivity index (χ3v) is 12.0. The van der Waals surface area contributed by atoms with E-state index >= 15 is 0 Å². The summed E-state index contributed by atoms with van der Waals surface area (Å²) in [7, 11) is -2.47. The largest absolute Gasteiger partial charge is 0.497 e. The number of rotatable bonds is 15. The molecule has 5 aromatic carbocycles. The number of amides is 2. The van der Waals surface area contributed by atoms with Gasteiger partial charge in [-0.25, -0.2) is 8.42 Å². The molecule has 5 aromatic rings. The van der Waals surface area contributed by atoms with E-state index in [0.717, 1.165) is 27.4 Å². The predicted octanol–water partition coefficient (Wildman–Crippen LogP) is 5.83. The number of aliphatic hydroxyl groups excluding tert-OH is 1. The van der Waals surface area contributed by atoms with Crippen LogP contribution in [0.1, 0.15) is 45.0 Å². The first-order chi connectivity index (χ1) is 27.6. The number of carbonyl (C=O) groups is 2. The number of aliphatic hydroxyl groups is 1. The highest BCUT2D eigenvalue weighted by molar-refractivity contribution is 7.89. The Morgan fingerprint density at radius 1 is 0.877 bits per heavy atom. The molecule has 2 atom stereocenters. The molecule has 1 aliphatic heterocycles. The monoisotopic (exact) mass is 788 g/mol. The van der Waals surface area contributed by atoms with Gasteiger partial charge in [0.05, 0.1) is 36.6 Å². The Bertz CT molecular complexity index is 2380. The SMILES string of the molecule is COc1ccc(S(=O)(=O)N(CCO)CCO[C@H]2C[C@@H](c3cccc4c3Cc3ccccc3-4)C=C(C(=O)NCc3ccc(C(=O)Nc4ccccc4N)cc3)O2)cc1. The Morgan fingerprint density at radius 3 is 2.37 bits per heavy atom. The van der Waals surface area contributed by atoms with Gasteiger partial charge in [-0.3, -0.25) is 9.59 Å². The summed E-state index contributed by atoms with van der Waals surface area (Å²) >= 11 is 0. The summed E-state index contributed by atoms with van der Waals surface area (Å²) < 4.78 is 45.7.